The zero-order chi connectivity index (χ0) is 11.1. The Morgan fingerprint density at radius 1 is 1.44 bits per heavy atom. The number of aliphatic hydroxyl groups is 1. The van der Waals surface area contributed by atoms with E-state index in [1.54, 1.807) is 6.33 Å². The van der Waals surface area contributed by atoms with Gasteiger partial charge in [-0.15, -0.1) is 0 Å². The SMILES string of the molecule is CC[C@H](O)[C@@H]1c2ccccc2-c2cncn21. The monoisotopic (exact) mass is 214 g/mol. The lowest BCUT2D eigenvalue weighted by Gasteiger charge is -2.19. The number of hydrogen-bond donors (Lipinski definition) is 1. The van der Waals surface area contributed by atoms with Gasteiger partial charge in [0.25, 0.3) is 0 Å². The van der Waals surface area contributed by atoms with Crippen molar-refractivity contribution >= 4 is 0 Å². The first-order valence-electron chi connectivity index (χ1n) is 5.62. The smallest absolute Gasteiger partial charge is 0.0957 e. The minimum absolute atomic E-state index is 0.0266. The average Bonchev–Trinajstić information content (AvgIpc) is 2.87. The molecule has 1 aliphatic heterocycles. The van der Waals surface area contributed by atoms with Crippen molar-refractivity contribution in [2.75, 3.05) is 0 Å². The third-order valence-electron chi connectivity index (χ3n) is 3.30. The summed E-state index contributed by atoms with van der Waals surface area (Å²) < 4.78 is 2.07. The summed E-state index contributed by atoms with van der Waals surface area (Å²) in [6.07, 6.45) is 4.06. The van der Waals surface area contributed by atoms with Crippen molar-refractivity contribution in [1.82, 2.24) is 9.55 Å². The maximum Gasteiger partial charge on any atom is 0.0957 e. The normalized spacial score (nSPS) is 19.2. The largest absolute Gasteiger partial charge is 0.391 e. The summed E-state index contributed by atoms with van der Waals surface area (Å²) in [5.74, 6) is 0. The van der Waals surface area contributed by atoms with Crippen molar-refractivity contribution in [2.45, 2.75) is 25.5 Å². The number of nitrogens with zero attached hydrogens (tertiary/aromatic N) is 2. The van der Waals surface area contributed by atoms with Crippen LogP contribution in [0.4, 0.5) is 0 Å². The second-order valence-electron chi connectivity index (χ2n) is 4.19. The number of fused-ring (bicyclic) bond motifs is 3. The van der Waals surface area contributed by atoms with Gasteiger partial charge in [0.15, 0.2) is 0 Å². The third kappa shape index (κ3) is 1.15. The first kappa shape index (κ1) is 9.60. The molecule has 82 valence electrons. The van der Waals surface area contributed by atoms with Gasteiger partial charge in [0.05, 0.1) is 30.4 Å². The lowest BCUT2D eigenvalue weighted by Crippen LogP contribution is -2.21. The number of imidazole rings is 1. The van der Waals surface area contributed by atoms with Gasteiger partial charge >= 0.3 is 0 Å². The first-order valence-corrected chi connectivity index (χ1v) is 5.62. The van der Waals surface area contributed by atoms with E-state index in [0.29, 0.717) is 0 Å². The number of aliphatic hydroxyl groups excluding tert-OH is 1. The molecule has 2 atom stereocenters. The maximum absolute atomic E-state index is 10.1. The van der Waals surface area contributed by atoms with Crippen molar-refractivity contribution in [2.24, 2.45) is 0 Å². The van der Waals surface area contributed by atoms with E-state index >= 15 is 0 Å². The van der Waals surface area contributed by atoms with Crippen molar-refractivity contribution in [1.29, 1.82) is 0 Å². The lowest BCUT2D eigenvalue weighted by atomic mass is 9.98. The van der Waals surface area contributed by atoms with Gasteiger partial charge < -0.3 is 9.67 Å². The molecule has 3 heteroatoms. The van der Waals surface area contributed by atoms with Crippen LogP contribution in [0.25, 0.3) is 11.3 Å². The molecule has 1 aromatic heterocycles. The molecule has 1 aromatic carbocycles. The minimum Gasteiger partial charge on any atom is -0.391 e. The molecule has 0 radical (unpaired) electrons. The van der Waals surface area contributed by atoms with Gasteiger partial charge in [-0.1, -0.05) is 31.2 Å². The quantitative estimate of drug-likeness (QED) is 0.832. The fraction of sp³-hybridized carbons (Fsp3) is 0.308. The molecule has 3 rings (SSSR count). The van der Waals surface area contributed by atoms with Gasteiger partial charge in [-0.2, -0.15) is 0 Å². The second-order valence-corrected chi connectivity index (χ2v) is 4.19. The Hall–Kier alpha value is -1.61. The van der Waals surface area contributed by atoms with E-state index in [1.807, 2.05) is 25.3 Å². The summed E-state index contributed by atoms with van der Waals surface area (Å²) in [5, 5.41) is 10.1. The van der Waals surface area contributed by atoms with Gasteiger partial charge in [-0.05, 0) is 12.0 Å². The van der Waals surface area contributed by atoms with Crippen LogP contribution in [-0.4, -0.2) is 20.8 Å². The summed E-state index contributed by atoms with van der Waals surface area (Å²) in [7, 11) is 0. The molecule has 0 spiro atoms. The maximum atomic E-state index is 10.1. The van der Waals surface area contributed by atoms with Crippen LogP contribution in [0.2, 0.25) is 0 Å². The van der Waals surface area contributed by atoms with Crippen LogP contribution in [0, 0.1) is 0 Å². The van der Waals surface area contributed by atoms with E-state index in [4.69, 9.17) is 0 Å². The van der Waals surface area contributed by atoms with Gasteiger partial charge in [0, 0.05) is 5.56 Å². The van der Waals surface area contributed by atoms with Crippen molar-refractivity contribution in [3.8, 4) is 11.3 Å². The summed E-state index contributed by atoms with van der Waals surface area (Å²) in [6, 6.07) is 8.25. The molecule has 2 aromatic rings. The van der Waals surface area contributed by atoms with Crippen molar-refractivity contribution in [3.05, 3.63) is 42.4 Å². The van der Waals surface area contributed by atoms with E-state index in [1.165, 1.54) is 11.1 Å². The molecule has 0 unspecified atom stereocenters. The molecular weight excluding hydrogens is 200 g/mol. The molecule has 1 aliphatic rings. The first-order chi connectivity index (χ1) is 7.83. The van der Waals surface area contributed by atoms with E-state index in [2.05, 4.69) is 21.7 Å². The second kappa shape index (κ2) is 3.46. The van der Waals surface area contributed by atoms with Crippen LogP contribution in [0.15, 0.2) is 36.8 Å². The Morgan fingerprint density at radius 2 is 2.25 bits per heavy atom. The molecule has 0 fully saturated rings. The highest BCUT2D eigenvalue weighted by molar-refractivity contribution is 5.69. The summed E-state index contributed by atoms with van der Waals surface area (Å²) in [6.45, 7) is 2.00. The molecule has 0 amide bonds. The highest BCUT2D eigenvalue weighted by atomic mass is 16.3. The standard InChI is InChI=1S/C13H14N2O/c1-2-12(16)13-10-6-4-3-5-9(10)11-7-14-8-15(11)13/h3-8,12-13,16H,2H2,1H3/t12-,13-/m0/s1. The summed E-state index contributed by atoms with van der Waals surface area (Å²) in [4.78, 5) is 4.16. The number of benzene rings is 1. The number of aromatic nitrogens is 2. The topological polar surface area (TPSA) is 38.1 Å². The van der Waals surface area contributed by atoms with Crippen LogP contribution in [0.1, 0.15) is 24.9 Å². The van der Waals surface area contributed by atoms with Gasteiger partial charge in [-0.25, -0.2) is 4.98 Å². The molecule has 16 heavy (non-hydrogen) atoms. The number of hydrogen-bond acceptors (Lipinski definition) is 2. The van der Waals surface area contributed by atoms with Crippen LogP contribution in [0.5, 0.6) is 0 Å². The molecule has 0 aliphatic carbocycles. The fourth-order valence-electron chi connectivity index (χ4n) is 2.49. The molecule has 0 saturated heterocycles. The van der Waals surface area contributed by atoms with E-state index < -0.39 is 0 Å². The van der Waals surface area contributed by atoms with E-state index in [0.717, 1.165) is 12.1 Å². The van der Waals surface area contributed by atoms with Gasteiger partial charge in [-0.3, -0.25) is 0 Å². The van der Waals surface area contributed by atoms with Crippen LogP contribution in [0.3, 0.4) is 0 Å². The predicted molar refractivity (Wildman–Crippen MR) is 62.1 cm³/mol. The minimum atomic E-state index is -0.350. The highest BCUT2D eigenvalue weighted by Gasteiger charge is 2.32. The third-order valence-corrected chi connectivity index (χ3v) is 3.30. The lowest BCUT2D eigenvalue weighted by molar-refractivity contribution is 0.129. The highest BCUT2D eigenvalue weighted by Crippen LogP contribution is 2.40. The molecule has 2 heterocycles. The molecule has 3 nitrogen and oxygen atoms in total. The Bertz CT molecular complexity index is 518. The Morgan fingerprint density at radius 3 is 3.06 bits per heavy atom. The Balaban J connectivity index is 2.21. The van der Waals surface area contributed by atoms with Crippen molar-refractivity contribution < 1.29 is 5.11 Å². The van der Waals surface area contributed by atoms with Crippen LogP contribution < -0.4 is 0 Å². The fourth-order valence-corrected chi connectivity index (χ4v) is 2.49. The molecular formula is C13H14N2O. The zero-order valence-corrected chi connectivity index (χ0v) is 9.17. The van der Waals surface area contributed by atoms with Crippen molar-refractivity contribution in [3.63, 3.8) is 0 Å². The molecule has 1 N–H and O–H groups in total. The van der Waals surface area contributed by atoms with E-state index in [-0.39, 0.29) is 12.1 Å². The Labute approximate surface area is 94.4 Å². The Kier molecular flexibility index (Phi) is 2.07. The van der Waals surface area contributed by atoms with Gasteiger partial charge in [0.2, 0.25) is 0 Å². The van der Waals surface area contributed by atoms with Gasteiger partial charge in [0.1, 0.15) is 0 Å². The zero-order valence-electron chi connectivity index (χ0n) is 9.17. The average molecular weight is 214 g/mol. The summed E-state index contributed by atoms with van der Waals surface area (Å²) in [5.41, 5.74) is 3.50. The molecule has 0 bridgehead atoms. The van der Waals surface area contributed by atoms with E-state index in [9.17, 15) is 5.11 Å². The van der Waals surface area contributed by atoms with Crippen LogP contribution in [-0.2, 0) is 0 Å². The predicted octanol–water partition coefficient (Wildman–Crippen LogP) is 2.22. The summed E-state index contributed by atoms with van der Waals surface area (Å²) >= 11 is 0. The number of rotatable bonds is 2. The van der Waals surface area contributed by atoms with Crippen LogP contribution >= 0.6 is 0 Å². The molecule has 0 saturated carbocycles.